The lowest BCUT2D eigenvalue weighted by Crippen LogP contribution is -2.13. The molecule has 0 spiro atoms. The number of fused-ring (bicyclic) bond motifs is 1. The van der Waals surface area contributed by atoms with Gasteiger partial charge in [-0.1, -0.05) is 24.3 Å². The van der Waals surface area contributed by atoms with Crippen LogP contribution in [0.1, 0.15) is 10.4 Å². The first kappa shape index (κ1) is 12.5. The fourth-order valence-electron chi connectivity index (χ4n) is 1.81. The second-order valence-corrected chi connectivity index (χ2v) is 5.22. The van der Waals surface area contributed by atoms with Crippen LogP contribution in [0.5, 0.6) is 0 Å². The Balaban J connectivity index is 2.87. The Morgan fingerprint density at radius 2 is 1.72 bits per heavy atom. The summed E-state index contributed by atoms with van der Waals surface area (Å²) in [6.07, 6.45) is 0. The van der Waals surface area contributed by atoms with Crippen molar-refractivity contribution < 1.29 is 17.9 Å². The van der Waals surface area contributed by atoms with Gasteiger partial charge in [0.05, 0.1) is 17.6 Å². The smallest absolute Gasteiger partial charge is 0.338 e. The average Bonchev–Trinajstić information content (AvgIpc) is 2.35. The van der Waals surface area contributed by atoms with Crippen molar-refractivity contribution in [2.75, 3.05) is 7.11 Å². The lowest BCUT2D eigenvalue weighted by molar-refractivity contribution is 0.0603. The molecule has 0 fully saturated rings. The van der Waals surface area contributed by atoms with Crippen LogP contribution >= 0.6 is 0 Å². The van der Waals surface area contributed by atoms with Crippen LogP contribution in [0.15, 0.2) is 41.3 Å². The standard InChI is InChI=1S/C12H11NO4S/c1-17-12(14)10-6-7-11(18(13,15)16)9-5-3-2-4-8(9)10/h2-7H,1H3,(H2,13,15,16). The zero-order valence-corrected chi connectivity index (χ0v) is 10.4. The Morgan fingerprint density at radius 3 is 2.28 bits per heavy atom. The maximum Gasteiger partial charge on any atom is 0.338 e. The Hall–Kier alpha value is -1.92. The Kier molecular flexibility index (Phi) is 3.06. The molecule has 0 aliphatic carbocycles. The molecule has 5 nitrogen and oxygen atoms in total. The van der Waals surface area contributed by atoms with E-state index in [2.05, 4.69) is 4.74 Å². The van der Waals surface area contributed by atoms with Crippen LogP contribution in [0.25, 0.3) is 10.8 Å². The fraction of sp³-hybridized carbons (Fsp3) is 0.0833. The normalized spacial score (nSPS) is 11.4. The molecule has 0 unspecified atom stereocenters. The van der Waals surface area contributed by atoms with Crippen LogP contribution in [-0.2, 0) is 14.8 Å². The van der Waals surface area contributed by atoms with Gasteiger partial charge in [-0.05, 0) is 17.5 Å². The second kappa shape index (κ2) is 4.40. The summed E-state index contributed by atoms with van der Waals surface area (Å²) in [5.74, 6) is -0.521. The lowest BCUT2D eigenvalue weighted by Gasteiger charge is -2.08. The van der Waals surface area contributed by atoms with Gasteiger partial charge in [0.25, 0.3) is 0 Å². The third-order valence-corrected chi connectivity index (χ3v) is 3.56. The van der Waals surface area contributed by atoms with Gasteiger partial charge < -0.3 is 4.74 Å². The van der Waals surface area contributed by atoms with E-state index < -0.39 is 16.0 Å². The summed E-state index contributed by atoms with van der Waals surface area (Å²) in [5, 5.41) is 6.04. The van der Waals surface area contributed by atoms with E-state index in [1.807, 2.05) is 0 Å². The summed E-state index contributed by atoms with van der Waals surface area (Å²) in [7, 11) is -2.56. The topological polar surface area (TPSA) is 86.5 Å². The van der Waals surface area contributed by atoms with Crippen molar-refractivity contribution in [3.8, 4) is 0 Å². The highest BCUT2D eigenvalue weighted by atomic mass is 32.2. The van der Waals surface area contributed by atoms with Crippen molar-refractivity contribution in [3.63, 3.8) is 0 Å². The highest BCUT2D eigenvalue weighted by molar-refractivity contribution is 7.89. The first-order valence-electron chi connectivity index (χ1n) is 5.08. The molecule has 2 aromatic rings. The Labute approximate surface area is 104 Å². The number of rotatable bonds is 2. The molecule has 6 heteroatoms. The number of methoxy groups -OCH3 is 1. The van der Waals surface area contributed by atoms with Gasteiger partial charge in [0, 0.05) is 5.39 Å². The van der Waals surface area contributed by atoms with E-state index in [9.17, 15) is 13.2 Å². The molecule has 0 heterocycles. The Bertz CT molecular complexity index is 722. The van der Waals surface area contributed by atoms with E-state index in [1.165, 1.54) is 19.2 Å². The zero-order chi connectivity index (χ0) is 13.3. The van der Waals surface area contributed by atoms with Crippen molar-refractivity contribution >= 4 is 26.8 Å². The van der Waals surface area contributed by atoms with Crippen molar-refractivity contribution in [2.45, 2.75) is 4.90 Å². The van der Waals surface area contributed by atoms with Crippen molar-refractivity contribution in [1.29, 1.82) is 0 Å². The van der Waals surface area contributed by atoms with Gasteiger partial charge in [0.1, 0.15) is 0 Å². The zero-order valence-electron chi connectivity index (χ0n) is 9.58. The number of carbonyl (C=O) groups is 1. The summed E-state index contributed by atoms with van der Waals surface area (Å²) in [5.41, 5.74) is 0.306. The molecule has 0 aromatic heterocycles. The molecule has 0 saturated heterocycles. The van der Waals surface area contributed by atoms with Gasteiger partial charge in [-0.2, -0.15) is 0 Å². The van der Waals surface area contributed by atoms with E-state index in [4.69, 9.17) is 5.14 Å². The summed E-state index contributed by atoms with van der Waals surface area (Å²) in [6, 6.07) is 9.34. The highest BCUT2D eigenvalue weighted by Gasteiger charge is 2.17. The maximum atomic E-state index is 11.6. The first-order valence-corrected chi connectivity index (χ1v) is 6.62. The van der Waals surface area contributed by atoms with Crippen LogP contribution in [0.4, 0.5) is 0 Å². The number of esters is 1. The van der Waals surface area contributed by atoms with Crippen molar-refractivity contribution in [2.24, 2.45) is 5.14 Å². The molecule has 2 N–H and O–H groups in total. The summed E-state index contributed by atoms with van der Waals surface area (Å²) < 4.78 is 27.6. The molecule has 2 aromatic carbocycles. The largest absolute Gasteiger partial charge is 0.465 e. The minimum absolute atomic E-state index is 0.00856. The first-order chi connectivity index (χ1) is 8.45. The number of hydrogen-bond donors (Lipinski definition) is 1. The quantitative estimate of drug-likeness (QED) is 0.828. The van der Waals surface area contributed by atoms with Crippen molar-refractivity contribution in [3.05, 3.63) is 42.0 Å². The van der Waals surface area contributed by atoms with Gasteiger partial charge in [0.15, 0.2) is 0 Å². The number of hydrogen-bond acceptors (Lipinski definition) is 4. The molecule has 0 amide bonds. The Morgan fingerprint density at radius 1 is 1.11 bits per heavy atom. The van der Waals surface area contributed by atoms with Crippen molar-refractivity contribution in [1.82, 2.24) is 0 Å². The minimum atomic E-state index is -3.83. The predicted molar refractivity (Wildman–Crippen MR) is 66.7 cm³/mol. The number of nitrogens with two attached hydrogens (primary N) is 1. The second-order valence-electron chi connectivity index (χ2n) is 3.69. The molecule has 2 rings (SSSR count). The third-order valence-electron chi connectivity index (χ3n) is 2.60. The van der Waals surface area contributed by atoms with E-state index in [0.717, 1.165) is 0 Å². The monoisotopic (exact) mass is 265 g/mol. The lowest BCUT2D eigenvalue weighted by atomic mass is 10.0. The van der Waals surface area contributed by atoms with E-state index in [1.54, 1.807) is 24.3 Å². The van der Waals surface area contributed by atoms with E-state index >= 15 is 0 Å². The average molecular weight is 265 g/mol. The molecular weight excluding hydrogens is 254 g/mol. The SMILES string of the molecule is COC(=O)c1ccc(S(N)(=O)=O)c2ccccc12. The van der Waals surface area contributed by atoms with Crippen LogP contribution < -0.4 is 5.14 Å². The molecule has 0 saturated carbocycles. The number of benzene rings is 2. The number of ether oxygens (including phenoxy) is 1. The number of carbonyl (C=O) groups excluding carboxylic acids is 1. The van der Waals surface area contributed by atoms with Crippen LogP contribution in [-0.4, -0.2) is 21.5 Å². The van der Waals surface area contributed by atoms with Gasteiger partial charge in [-0.25, -0.2) is 18.4 Å². The summed E-state index contributed by atoms with van der Waals surface area (Å²) in [6.45, 7) is 0. The number of sulfonamides is 1. The number of primary sulfonamides is 1. The van der Waals surface area contributed by atoms with Gasteiger partial charge >= 0.3 is 5.97 Å². The fourth-order valence-corrected chi connectivity index (χ4v) is 2.55. The molecule has 0 bridgehead atoms. The molecule has 0 aliphatic rings. The van der Waals surface area contributed by atoms with E-state index in [-0.39, 0.29) is 4.90 Å². The van der Waals surface area contributed by atoms with Crippen LogP contribution in [0.2, 0.25) is 0 Å². The minimum Gasteiger partial charge on any atom is -0.465 e. The molecule has 0 aliphatic heterocycles. The summed E-state index contributed by atoms with van der Waals surface area (Å²) >= 11 is 0. The van der Waals surface area contributed by atoms with E-state index in [0.29, 0.717) is 16.3 Å². The molecule has 18 heavy (non-hydrogen) atoms. The molecular formula is C12H11NO4S. The van der Waals surface area contributed by atoms with Crippen LogP contribution in [0.3, 0.4) is 0 Å². The molecule has 0 atom stereocenters. The molecule has 94 valence electrons. The van der Waals surface area contributed by atoms with Gasteiger partial charge in [0.2, 0.25) is 10.0 Å². The molecule has 0 radical (unpaired) electrons. The van der Waals surface area contributed by atoms with Crippen LogP contribution in [0, 0.1) is 0 Å². The van der Waals surface area contributed by atoms with Gasteiger partial charge in [-0.3, -0.25) is 0 Å². The highest BCUT2D eigenvalue weighted by Crippen LogP contribution is 2.25. The van der Waals surface area contributed by atoms with Gasteiger partial charge in [-0.15, -0.1) is 0 Å². The maximum absolute atomic E-state index is 11.6. The summed E-state index contributed by atoms with van der Waals surface area (Å²) in [4.78, 5) is 11.6. The predicted octanol–water partition coefficient (Wildman–Crippen LogP) is 1.27. The third kappa shape index (κ3) is 2.07.